The Kier molecular flexibility index (Phi) is 5.05. The van der Waals surface area contributed by atoms with Crippen molar-refractivity contribution in [2.75, 3.05) is 5.73 Å². The molecule has 0 fully saturated rings. The van der Waals surface area contributed by atoms with Crippen LogP contribution in [0.1, 0.15) is 39.6 Å². The molecule has 2 heterocycles. The SMILES string of the molecule is CC(C)NC(=O)c1nsc(C(=O)NCc2cccnc2)c1N. The maximum absolute atomic E-state index is 12.1. The van der Waals surface area contributed by atoms with Crippen LogP contribution in [0.25, 0.3) is 0 Å². The van der Waals surface area contributed by atoms with E-state index in [-0.39, 0.29) is 34.1 Å². The highest BCUT2D eigenvalue weighted by atomic mass is 32.1. The lowest BCUT2D eigenvalue weighted by molar-refractivity contribution is 0.0939. The molecule has 0 aliphatic rings. The minimum atomic E-state index is -0.380. The number of aromatic nitrogens is 2. The van der Waals surface area contributed by atoms with E-state index in [0.717, 1.165) is 17.1 Å². The summed E-state index contributed by atoms with van der Waals surface area (Å²) in [7, 11) is 0. The van der Waals surface area contributed by atoms with Crippen LogP contribution in [0.3, 0.4) is 0 Å². The van der Waals surface area contributed by atoms with Gasteiger partial charge in [-0.2, -0.15) is 4.37 Å². The highest BCUT2D eigenvalue weighted by Gasteiger charge is 2.22. The molecule has 116 valence electrons. The van der Waals surface area contributed by atoms with Crippen molar-refractivity contribution in [3.8, 4) is 0 Å². The Morgan fingerprint density at radius 2 is 2.14 bits per heavy atom. The molecule has 0 saturated heterocycles. The monoisotopic (exact) mass is 319 g/mol. The number of anilines is 1. The Morgan fingerprint density at radius 1 is 1.36 bits per heavy atom. The molecule has 2 aromatic heterocycles. The van der Waals surface area contributed by atoms with E-state index in [1.54, 1.807) is 18.5 Å². The quantitative estimate of drug-likeness (QED) is 0.767. The number of pyridine rings is 1. The summed E-state index contributed by atoms with van der Waals surface area (Å²) in [5.74, 6) is -0.738. The molecule has 0 spiro atoms. The van der Waals surface area contributed by atoms with Crippen molar-refractivity contribution < 1.29 is 9.59 Å². The summed E-state index contributed by atoms with van der Waals surface area (Å²) < 4.78 is 3.98. The fraction of sp³-hybridized carbons (Fsp3) is 0.286. The smallest absolute Gasteiger partial charge is 0.273 e. The molecule has 2 amide bonds. The van der Waals surface area contributed by atoms with E-state index in [1.165, 1.54) is 0 Å². The molecule has 0 aromatic carbocycles. The number of nitrogen functional groups attached to an aromatic ring is 1. The van der Waals surface area contributed by atoms with Crippen molar-refractivity contribution in [3.63, 3.8) is 0 Å². The van der Waals surface area contributed by atoms with E-state index in [4.69, 9.17) is 5.73 Å². The fourth-order valence-electron chi connectivity index (χ4n) is 1.72. The number of carbonyl (C=O) groups excluding carboxylic acids is 2. The van der Waals surface area contributed by atoms with Crippen molar-refractivity contribution >= 4 is 29.0 Å². The number of hydrogen-bond donors (Lipinski definition) is 3. The summed E-state index contributed by atoms with van der Waals surface area (Å²) in [6.07, 6.45) is 3.32. The summed E-state index contributed by atoms with van der Waals surface area (Å²) >= 11 is 0.911. The van der Waals surface area contributed by atoms with Crippen LogP contribution in [-0.2, 0) is 6.54 Å². The molecular weight excluding hydrogens is 302 g/mol. The van der Waals surface area contributed by atoms with Crippen LogP contribution < -0.4 is 16.4 Å². The summed E-state index contributed by atoms with van der Waals surface area (Å²) in [6, 6.07) is 3.61. The zero-order valence-corrected chi connectivity index (χ0v) is 13.1. The molecule has 0 bridgehead atoms. The van der Waals surface area contributed by atoms with Gasteiger partial charge in [0, 0.05) is 25.0 Å². The number of nitrogens with zero attached hydrogens (tertiary/aromatic N) is 2. The lowest BCUT2D eigenvalue weighted by atomic mass is 10.2. The average molecular weight is 319 g/mol. The lowest BCUT2D eigenvalue weighted by Gasteiger charge is -2.07. The third-order valence-electron chi connectivity index (χ3n) is 2.74. The van der Waals surface area contributed by atoms with Gasteiger partial charge in [-0.1, -0.05) is 6.07 Å². The summed E-state index contributed by atoms with van der Waals surface area (Å²) in [5.41, 5.74) is 6.93. The molecule has 0 aliphatic heterocycles. The van der Waals surface area contributed by atoms with Crippen LogP contribution in [-0.4, -0.2) is 27.2 Å². The van der Waals surface area contributed by atoms with Gasteiger partial charge in [0.1, 0.15) is 4.88 Å². The molecule has 2 rings (SSSR count). The first-order valence-electron chi connectivity index (χ1n) is 6.72. The van der Waals surface area contributed by atoms with Gasteiger partial charge >= 0.3 is 0 Å². The van der Waals surface area contributed by atoms with Crippen LogP contribution in [0.5, 0.6) is 0 Å². The van der Waals surface area contributed by atoms with E-state index in [0.29, 0.717) is 6.54 Å². The first-order chi connectivity index (χ1) is 10.5. The number of nitrogens with one attached hydrogen (secondary N) is 2. The zero-order valence-electron chi connectivity index (χ0n) is 12.3. The Morgan fingerprint density at radius 3 is 2.77 bits per heavy atom. The van der Waals surface area contributed by atoms with Crippen LogP contribution in [0.15, 0.2) is 24.5 Å². The molecule has 0 aliphatic carbocycles. The average Bonchev–Trinajstić information content (AvgIpc) is 2.87. The van der Waals surface area contributed by atoms with Crippen molar-refractivity contribution in [1.29, 1.82) is 0 Å². The van der Waals surface area contributed by atoms with E-state index in [1.807, 2.05) is 19.9 Å². The molecular formula is C14H17N5O2S. The van der Waals surface area contributed by atoms with Crippen molar-refractivity contribution in [1.82, 2.24) is 20.0 Å². The first kappa shape index (κ1) is 15.9. The number of nitrogens with two attached hydrogens (primary N) is 1. The van der Waals surface area contributed by atoms with Gasteiger partial charge in [-0.25, -0.2) is 0 Å². The van der Waals surface area contributed by atoms with Gasteiger partial charge in [-0.05, 0) is 37.0 Å². The molecule has 8 heteroatoms. The first-order valence-corrected chi connectivity index (χ1v) is 7.49. The maximum Gasteiger partial charge on any atom is 0.273 e. The summed E-state index contributed by atoms with van der Waals surface area (Å²) in [4.78, 5) is 28.2. The molecule has 22 heavy (non-hydrogen) atoms. The van der Waals surface area contributed by atoms with Crippen LogP contribution in [0, 0.1) is 0 Å². The minimum Gasteiger partial charge on any atom is -0.395 e. The highest BCUT2D eigenvalue weighted by Crippen LogP contribution is 2.21. The van der Waals surface area contributed by atoms with E-state index in [2.05, 4.69) is 20.0 Å². The summed E-state index contributed by atoms with van der Waals surface area (Å²) in [5, 5.41) is 5.42. The maximum atomic E-state index is 12.1. The van der Waals surface area contributed by atoms with Gasteiger partial charge in [0.05, 0.1) is 5.69 Å². The van der Waals surface area contributed by atoms with Crippen LogP contribution in [0.4, 0.5) is 5.69 Å². The second-order valence-corrected chi connectivity index (χ2v) is 5.72. The van der Waals surface area contributed by atoms with E-state index < -0.39 is 0 Å². The Hall–Kier alpha value is -2.48. The molecule has 2 aromatic rings. The Bertz CT molecular complexity index is 669. The standard InChI is InChI=1S/C14H17N5O2S/c1-8(2)18-13(20)11-10(15)12(22-19-11)14(21)17-7-9-4-3-5-16-6-9/h3-6,8H,7,15H2,1-2H3,(H,17,21)(H,18,20). The van der Waals surface area contributed by atoms with Crippen molar-refractivity contribution in [3.05, 3.63) is 40.7 Å². The predicted molar refractivity (Wildman–Crippen MR) is 84.5 cm³/mol. The third-order valence-corrected chi connectivity index (χ3v) is 3.61. The van der Waals surface area contributed by atoms with E-state index >= 15 is 0 Å². The minimum absolute atomic E-state index is 0.0311. The number of amides is 2. The molecule has 0 radical (unpaired) electrons. The molecule has 7 nitrogen and oxygen atoms in total. The van der Waals surface area contributed by atoms with Crippen LogP contribution in [0.2, 0.25) is 0 Å². The number of rotatable bonds is 5. The predicted octanol–water partition coefficient (Wildman–Crippen LogP) is 1.19. The normalized spacial score (nSPS) is 10.5. The highest BCUT2D eigenvalue weighted by molar-refractivity contribution is 7.09. The number of hydrogen-bond acceptors (Lipinski definition) is 6. The van der Waals surface area contributed by atoms with E-state index in [9.17, 15) is 9.59 Å². The Balaban J connectivity index is 2.05. The fourth-order valence-corrected chi connectivity index (χ4v) is 2.43. The second-order valence-electron chi connectivity index (χ2n) is 4.95. The van der Waals surface area contributed by atoms with Gasteiger partial charge in [-0.3, -0.25) is 14.6 Å². The molecule has 0 saturated carbocycles. The van der Waals surface area contributed by atoms with Gasteiger partial charge < -0.3 is 16.4 Å². The third kappa shape index (κ3) is 3.79. The lowest BCUT2D eigenvalue weighted by Crippen LogP contribution is -2.31. The summed E-state index contributed by atoms with van der Waals surface area (Å²) in [6.45, 7) is 4.00. The largest absolute Gasteiger partial charge is 0.395 e. The second kappa shape index (κ2) is 6.99. The zero-order chi connectivity index (χ0) is 16.1. The van der Waals surface area contributed by atoms with Gasteiger partial charge in [0.25, 0.3) is 11.8 Å². The van der Waals surface area contributed by atoms with Crippen molar-refractivity contribution in [2.45, 2.75) is 26.4 Å². The topological polar surface area (TPSA) is 110 Å². The van der Waals surface area contributed by atoms with Gasteiger partial charge in [0.2, 0.25) is 0 Å². The van der Waals surface area contributed by atoms with Crippen molar-refractivity contribution in [2.24, 2.45) is 0 Å². The Labute approximate surface area is 132 Å². The van der Waals surface area contributed by atoms with Crippen LogP contribution >= 0.6 is 11.5 Å². The van der Waals surface area contributed by atoms with Gasteiger partial charge in [-0.15, -0.1) is 0 Å². The molecule has 4 N–H and O–H groups in total. The molecule has 0 atom stereocenters. The number of carbonyl (C=O) groups is 2. The molecule has 0 unspecified atom stereocenters. The van der Waals surface area contributed by atoms with Gasteiger partial charge in [0.15, 0.2) is 5.69 Å².